The predicted octanol–water partition coefficient (Wildman–Crippen LogP) is 2.52. The van der Waals surface area contributed by atoms with E-state index in [-0.39, 0.29) is 18.0 Å². The summed E-state index contributed by atoms with van der Waals surface area (Å²) in [5.74, 6) is -0.109. The van der Waals surface area contributed by atoms with Crippen molar-refractivity contribution < 1.29 is 9.59 Å². The van der Waals surface area contributed by atoms with Gasteiger partial charge in [0.05, 0.1) is 0 Å². The van der Waals surface area contributed by atoms with E-state index in [1.165, 1.54) is 0 Å². The number of benzene rings is 1. The molecule has 0 aliphatic carbocycles. The van der Waals surface area contributed by atoms with E-state index in [4.69, 9.17) is 0 Å². The number of carbonyl (C=O) groups is 2. The monoisotopic (exact) mass is 275 g/mol. The highest BCUT2D eigenvalue weighted by molar-refractivity contribution is 5.95. The zero-order chi connectivity index (χ0) is 15.0. The second kappa shape index (κ2) is 7.99. The molecule has 0 saturated heterocycles. The van der Waals surface area contributed by atoms with Gasteiger partial charge in [0, 0.05) is 23.8 Å². The van der Waals surface area contributed by atoms with Gasteiger partial charge in [0.1, 0.15) is 0 Å². The molecule has 0 fully saturated rings. The van der Waals surface area contributed by atoms with Gasteiger partial charge in [-0.1, -0.05) is 13.0 Å². The van der Waals surface area contributed by atoms with Gasteiger partial charge in [0.15, 0.2) is 0 Å². The van der Waals surface area contributed by atoms with Gasteiger partial charge >= 0.3 is 6.03 Å². The first-order valence-corrected chi connectivity index (χ1v) is 6.63. The highest BCUT2D eigenvalue weighted by atomic mass is 16.2. The van der Waals surface area contributed by atoms with Gasteiger partial charge in [-0.05, 0) is 37.6 Å². The second-order valence-electron chi connectivity index (χ2n) is 4.48. The molecule has 5 nitrogen and oxygen atoms in total. The maximum Gasteiger partial charge on any atom is 0.319 e. The average molecular weight is 275 g/mol. The predicted molar refractivity (Wildman–Crippen MR) is 80.9 cm³/mol. The van der Waals surface area contributed by atoms with E-state index in [2.05, 4.69) is 22.5 Å². The molecule has 0 aliphatic heterocycles. The topological polar surface area (TPSA) is 70.2 Å². The molecule has 20 heavy (non-hydrogen) atoms. The van der Waals surface area contributed by atoms with Crippen molar-refractivity contribution in [1.29, 1.82) is 0 Å². The summed E-state index contributed by atoms with van der Waals surface area (Å²) in [4.78, 5) is 23.3. The van der Waals surface area contributed by atoms with Crippen molar-refractivity contribution in [2.24, 2.45) is 0 Å². The van der Waals surface area contributed by atoms with Gasteiger partial charge in [0.25, 0.3) is 5.91 Å². The summed E-state index contributed by atoms with van der Waals surface area (Å²) in [5, 5.41) is 8.15. The van der Waals surface area contributed by atoms with Crippen molar-refractivity contribution in [2.45, 2.75) is 26.3 Å². The Hall–Kier alpha value is -2.30. The Kier molecular flexibility index (Phi) is 6.29. The second-order valence-corrected chi connectivity index (χ2v) is 4.48. The standard InChI is InChI=1S/C15H21N3O2/c1-4-10-16-15(20)18-13-8-6-12(7-9-13)14(19)17-11(3)5-2/h4,6-9,11H,1,5,10H2,2-3H3,(H,17,19)(H2,16,18,20). The summed E-state index contributed by atoms with van der Waals surface area (Å²) in [7, 11) is 0. The Morgan fingerprint density at radius 2 is 1.95 bits per heavy atom. The van der Waals surface area contributed by atoms with Crippen LogP contribution in [0.4, 0.5) is 10.5 Å². The Balaban J connectivity index is 2.57. The van der Waals surface area contributed by atoms with Crippen molar-refractivity contribution in [1.82, 2.24) is 10.6 Å². The molecule has 1 unspecified atom stereocenters. The van der Waals surface area contributed by atoms with Crippen LogP contribution in [0.3, 0.4) is 0 Å². The zero-order valence-electron chi connectivity index (χ0n) is 11.9. The molecular formula is C15H21N3O2. The SMILES string of the molecule is C=CCNC(=O)Nc1ccc(C(=O)NC(C)CC)cc1. The van der Waals surface area contributed by atoms with Crippen molar-refractivity contribution in [3.05, 3.63) is 42.5 Å². The highest BCUT2D eigenvalue weighted by Crippen LogP contribution is 2.09. The van der Waals surface area contributed by atoms with Crippen LogP contribution in [0.15, 0.2) is 36.9 Å². The third-order valence-corrected chi connectivity index (χ3v) is 2.80. The summed E-state index contributed by atoms with van der Waals surface area (Å²) >= 11 is 0. The molecule has 0 aliphatic rings. The van der Waals surface area contributed by atoms with Crippen molar-refractivity contribution in [3.63, 3.8) is 0 Å². The lowest BCUT2D eigenvalue weighted by atomic mass is 10.1. The van der Waals surface area contributed by atoms with Crippen LogP contribution in [0.5, 0.6) is 0 Å². The van der Waals surface area contributed by atoms with E-state index >= 15 is 0 Å². The first-order chi connectivity index (χ1) is 9.56. The van der Waals surface area contributed by atoms with Crippen LogP contribution in [-0.2, 0) is 0 Å². The van der Waals surface area contributed by atoms with Gasteiger partial charge in [0.2, 0.25) is 0 Å². The van der Waals surface area contributed by atoms with Crippen LogP contribution < -0.4 is 16.0 Å². The third kappa shape index (κ3) is 5.14. The van der Waals surface area contributed by atoms with Crippen LogP contribution in [0.1, 0.15) is 30.6 Å². The lowest BCUT2D eigenvalue weighted by Gasteiger charge is -2.11. The highest BCUT2D eigenvalue weighted by Gasteiger charge is 2.08. The van der Waals surface area contributed by atoms with Gasteiger partial charge in [-0.2, -0.15) is 0 Å². The zero-order valence-corrected chi connectivity index (χ0v) is 11.9. The van der Waals surface area contributed by atoms with Gasteiger partial charge < -0.3 is 16.0 Å². The summed E-state index contributed by atoms with van der Waals surface area (Å²) in [5.41, 5.74) is 1.20. The van der Waals surface area contributed by atoms with Crippen molar-refractivity contribution >= 4 is 17.6 Å². The van der Waals surface area contributed by atoms with E-state index in [1.54, 1.807) is 30.3 Å². The molecule has 0 saturated carbocycles. The number of anilines is 1. The number of hydrogen-bond donors (Lipinski definition) is 3. The lowest BCUT2D eigenvalue weighted by molar-refractivity contribution is 0.0939. The molecule has 0 heterocycles. The lowest BCUT2D eigenvalue weighted by Crippen LogP contribution is -2.32. The largest absolute Gasteiger partial charge is 0.350 e. The average Bonchev–Trinajstić information content (AvgIpc) is 2.45. The van der Waals surface area contributed by atoms with Crippen molar-refractivity contribution in [2.75, 3.05) is 11.9 Å². The number of urea groups is 1. The molecule has 0 radical (unpaired) electrons. The van der Waals surface area contributed by atoms with E-state index in [1.807, 2.05) is 13.8 Å². The number of hydrogen-bond acceptors (Lipinski definition) is 2. The molecule has 3 amide bonds. The summed E-state index contributed by atoms with van der Waals surface area (Å²) in [6.45, 7) is 7.89. The Labute approximate surface area is 119 Å². The molecule has 108 valence electrons. The Morgan fingerprint density at radius 1 is 1.30 bits per heavy atom. The molecule has 1 rings (SSSR count). The van der Waals surface area contributed by atoms with E-state index in [0.29, 0.717) is 17.8 Å². The van der Waals surface area contributed by atoms with Gasteiger partial charge in [-0.25, -0.2) is 4.79 Å². The van der Waals surface area contributed by atoms with E-state index in [9.17, 15) is 9.59 Å². The molecule has 1 atom stereocenters. The fraction of sp³-hybridized carbons (Fsp3) is 0.333. The van der Waals surface area contributed by atoms with Gasteiger partial charge in [-0.3, -0.25) is 4.79 Å². The Bertz CT molecular complexity index is 469. The minimum Gasteiger partial charge on any atom is -0.350 e. The molecule has 0 spiro atoms. The fourth-order valence-electron chi connectivity index (χ4n) is 1.45. The third-order valence-electron chi connectivity index (χ3n) is 2.80. The number of nitrogens with one attached hydrogen (secondary N) is 3. The van der Waals surface area contributed by atoms with Crippen LogP contribution in [0, 0.1) is 0 Å². The fourth-order valence-corrected chi connectivity index (χ4v) is 1.45. The van der Waals surface area contributed by atoms with Crippen LogP contribution >= 0.6 is 0 Å². The molecule has 3 N–H and O–H groups in total. The maximum atomic E-state index is 11.9. The summed E-state index contributed by atoms with van der Waals surface area (Å²) < 4.78 is 0. The van der Waals surface area contributed by atoms with E-state index < -0.39 is 0 Å². The molecule has 5 heteroatoms. The van der Waals surface area contributed by atoms with Crippen LogP contribution in [0.25, 0.3) is 0 Å². The van der Waals surface area contributed by atoms with Crippen LogP contribution in [-0.4, -0.2) is 24.5 Å². The number of amides is 3. The Morgan fingerprint density at radius 3 is 2.50 bits per heavy atom. The quantitative estimate of drug-likeness (QED) is 0.698. The minimum absolute atomic E-state index is 0.109. The normalized spacial score (nSPS) is 11.3. The smallest absolute Gasteiger partial charge is 0.319 e. The molecule has 1 aromatic carbocycles. The number of rotatable bonds is 6. The van der Waals surface area contributed by atoms with Crippen molar-refractivity contribution in [3.8, 4) is 0 Å². The number of carbonyl (C=O) groups excluding carboxylic acids is 2. The molecule has 0 aromatic heterocycles. The molecule has 1 aromatic rings. The van der Waals surface area contributed by atoms with Gasteiger partial charge in [-0.15, -0.1) is 6.58 Å². The maximum absolute atomic E-state index is 11.9. The molecular weight excluding hydrogens is 254 g/mol. The minimum atomic E-state index is -0.304. The summed E-state index contributed by atoms with van der Waals surface area (Å²) in [6.07, 6.45) is 2.48. The first kappa shape index (κ1) is 15.8. The van der Waals surface area contributed by atoms with E-state index in [0.717, 1.165) is 6.42 Å². The first-order valence-electron chi connectivity index (χ1n) is 6.63. The summed E-state index contributed by atoms with van der Waals surface area (Å²) in [6, 6.07) is 6.59. The van der Waals surface area contributed by atoms with Crippen LogP contribution in [0.2, 0.25) is 0 Å². The molecule has 0 bridgehead atoms.